The van der Waals surface area contributed by atoms with Crippen molar-refractivity contribution in [3.8, 4) is 0 Å². The van der Waals surface area contributed by atoms with Crippen LogP contribution < -0.4 is 4.90 Å². The van der Waals surface area contributed by atoms with Crippen LogP contribution in [0.15, 0.2) is 12.1 Å². The van der Waals surface area contributed by atoms with E-state index in [1.807, 2.05) is 0 Å². The Labute approximate surface area is 102 Å². The van der Waals surface area contributed by atoms with Gasteiger partial charge in [0.2, 0.25) is 5.91 Å². The van der Waals surface area contributed by atoms with Crippen LogP contribution in [-0.4, -0.2) is 24.0 Å². The van der Waals surface area contributed by atoms with Crippen molar-refractivity contribution in [1.29, 1.82) is 0 Å². The number of rotatable bonds is 4. The number of hydrogen-bond donors (Lipinski definition) is 1. The first kappa shape index (κ1) is 13.0. The van der Waals surface area contributed by atoms with Crippen molar-refractivity contribution >= 4 is 39.8 Å². The normalized spacial score (nSPS) is 12.2. The lowest BCUT2D eigenvalue weighted by Gasteiger charge is -2.18. The summed E-state index contributed by atoms with van der Waals surface area (Å²) in [5.41, 5.74) is 0. The summed E-state index contributed by atoms with van der Waals surface area (Å²) in [4.78, 5) is 24.0. The van der Waals surface area contributed by atoms with Crippen molar-refractivity contribution < 1.29 is 14.7 Å². The Hall–Kier alpha value is -1.07. The smallest absolute Gasteiger partial charge is 0.316 e. The van der Waals surface area contributed by atoms with Crippen LogP contribution in [0.3, 0.4) is 0 Å². The second kappa shape index (κ2) is 5.32. The minimum atomic E-state index is -1.10. The summed E-state index contributed by atoms with van der Waals surface area (Å²) < 4.78 is 0.568. The first-order valence-electron chi connectivity index (χ1n) is 4.73. The fraction of sp³-hybridized carbons (Fsp3) is 0.400. The zero-order chi connectivity index (χ0) is 12.3. The highest BCUT2D eigenvalue weighted by Gasteiger charge is 2.28. The number of anilines is 1. The summed E-state index contributed by atoms with van der Waals surface area (Å²) in [6.07, 6.45) is 0.275. The van der Waals surface area contributed by atoms with Crippen LogP contribution in [0.2, 0.25) is 4.34 Å². The van der Waals surface area contributed by atoms with Gasteiger partial charge in [-0.25, -0.2) is 0 Å². The Bertz CT molecular complexity index is 405. The third-order valence-corrected chi connectivity index (χ3v) is 3.53. The van der Waals surface area contributed by atoms with E-state index < -0.39 is 17.8 Å². The number of carboxylic acid groups (broad SMARTS) is 1. The van der Waals surface area contributed by atoms with Gasteiger partial charge in [-0.2, -0.15) is 0 Å². The molecule has 4 nitrogen and oxygen atoms in total. The largest absolute Gasteiger partial charge is 0.481 e. The number of nitrogens with zero attached hydrogens (tertiary/aromatic N) is 1. The van der Waals surface area contributed by atoms with Crippen LogP contribution in [0.4, 0.5) is 5.00 Å². The summed E-state index contributed by atoms with van der Waals surface area (Å²) >= 11 is 6.99. The Morgan fingerprint density at radius 3 is 2.56 bits per heavy atom. The van der Waals surface area contributed by atoms with Crippen LogP contribution in [0.5, 0.6) is 0 Å². The number of thiophene rings is 1. The van der Waals surface area contributed by atoms with E-state index in [1.165, 1.54) is 16.2 Å². The molecule has 0 radical (unpaired) electrons. The molecule has 0 aliphatic heterocycles. The van der Waals surface area contributed by atoms with Crippen LogP contribution >= 0.6 is 22.9 Å². The van der Waals surface area contributed by atoms with E-state index in [-0.39, 0.29) is 6.42 Å². The number of amides is 1. The van der Waals surface area contributed by atoms with E-state index in [1.54, 1.807) is 26.1 Å². The molecule has 0 saturated heterocycles. The van der Waals surface area contributed by atoms with Gasteiger partial charge in [-0.05, 0) is 18.6 Å². The topological polar surface area (TPSA) is 57.6 Å². The molecule has 0 aromatic carbocycles. The molecule has 1 aromatic heterocycles. The molecule has 1 amide bonds. The van der Waals surface area contributed by atoms with Crippen molar-refractivity contribution in [2.24, 2.45) is 5.92 Å². The maximum atomic E-state index is 11.8. The molecule has 1 rings (SSSR count). The molecule has 0 spiro atoms. The summed E-state index contributed by atoms with van der Waals surface area (Å²) in [7, 11) is 1.55. The Kier molecular flexibility index (Phi) is 4.32. The van der Waals surface area contributed by atoms with Crippen LogP contribution in [-0.2, 0) is 9.59 Å². The van der Waals surface area contributed by atoms with E-state index in [9.17, 15) is 9.59 Å². The second-order valence-electron chi connectivity index (χ2n) is 3.27. The molecule has 1 aromatic rings. The number of halogens is 1. The van der Waals surface area contributed by atoms with E-state index in [0.717, 1.165) is 0 Å². The quantitative estimate of drug-likeness (QED) is 0.847. The van der Waals surface area contributed by atoms with E-state index in [4.69, 9.17) is 16.7 Å². The Morgan fingerprint density at radius 1 is 1.56 bits per heavy atom. The number of carbonyl (C=O) groups is 2. The molecule has 1 atom stereocenters. The Morgan fingerprint density at radius 2 is 2.19 bits per heavy atom. The van der Waals surface area contributed by atoms with Gasteiger partial charge < -0.3 is 10.0 Å². The lowest BCUT2D eigenvalue weighted by Crippen LogP contribution is -2.36. The predicted molar refractivity (Wildman–Crippen MR) is 64.2 cm³/mol. The third-order valence-electron chi connectivity index (χ3n) is 2.22. The minimum absolute atomic E-state index is 0.275. The number of hydrogen-bond acceptors (Lipinski definition) is 3. The summed E-state index contributed by atoms with van der Waals surface area (Å²) in [6, 6.07) is 3.37. The SMILES string of the molecule is CCC(C(=O)O)C(=O)N(C)c1ccc(Cl)s1. The molecule has 1 N–H and O–H groups in total. The predicted octanol–water partition coefficient (Wildman–Crippen LogP) is 2.48. The van der Waals surface area contributed by atoms with Gasteiger partial charge >= 0.3 is 5.97 Å². The van der Waals surface area contributed by atoms with Gasteiger partial charge in [-0.1, -0.05) is 18.5 Å². The highest BCUT2D eigenvalue weighted by atomic mass is 35.5. The molecular weight excluding hydrogens is 250 g/mol. The van der Waals surface area contributed by atoms with Crippen molar-refractivity contribution in [2.45, 2.75) is 13.3 Å². The van der Waals surface area contributed by atoms with Crippen molar-refractivity contribution in [3.05, 3.63) is 16.5 Å². The second-order valence-corrected chi connectivity index (χ2v) is 4.97. The average molecular weight is 262 g/mol. The number of carboxylic acids is 1. The summed E-state index contributed by atoms with van der Waals surface area (Å²) in [6.45, 7) is 1.67. The zero-order valence-corrected chi connectivity index (χ0v) is 10.5. The molecule has 0 bridgehead atoms. The first-order chi connectivity index (χ1) is 7.47. The van der Waals surface area contributed by atoms with Crippen LogP contribution in [0.25, 0.3) is 0 Å². The maximum Gasteiger partial charge on any atom is 0.316 e. The molecule has 88 valence electrons. The standard InChI is InChI=1S/C10H12ClNO3S/c1-3-6(10(14)15)9(13)12(2)8-5-4-7(11)16-8/h4-6H,3H2,1-2H3,(H,14,15). The number of carbonyl (C=O) groups excluding carboxylic acids is 1. The van der Waals surface area contributed by atoms with Crippen molar-refractivity contribution in [2.75, 3.05) is 11.9 Å². The van der Waals surface area contributed by atoms with Gasteiger partial charge in [0.1, 0.15) is 5.92 Å². The van der Waals surface area contributed by atoms with Gasteiger partial charge in [-0.3, -0.25) is 9.59 Å². The molecule has 1 unspecified atom stereocenters. The van der Waals surface area contributed by atoms with Crippen LogP contribution in [0.1, 0.15) is 13.3 Å². The van der Waals surface area contributed by atoms with Gasteiger partial charge in [-0.15, -0.1) is 11.3 Å². The molecular formula is C10H12ClNO3S. The Balaban J connectivity index is 2.85. The monoisotopic (exact) mass is 261 g/mol. The van der Waals surface area contributed by atoms with E-state index in [0.29, 0.717) is 9.34 Å². The van der Waals surface area contributed by atoms with Gasteiger partial charge in [0.05, 0.1) is 9.34 Å². The minimum Gasteiger partial charge on any atom is -0.481 e. The van der Waals surface area contributed by atoms with Crippen molar-refractivity contribution in [3.63, 3.8) is 0 Å². The molecule has 0 saturated carbocycles. The van der Waals surface area contributed by atoms with E-state index >= 15 is 0 Å². The lowest BCUT2D eigenvalue weighted by atomic mass is 10.1. The van der Waals surface area contributed by atoms with Gasteiger partial charge in [0.15, 0.2) is 0 Å². The highest BCUT2D eigenvalue weighted by molar-refractivity contribution is 7.20. The molecule has 0 fully saturated rings. The summed E-state index contributed by atoms with van der Waals surface area (Å²) in [5.74, 6) is -2.51. The van der Waals surface area contributed by atoms with Crippen molar-refractivity contribution in [1.82, 2.24) is 0 Å². The molecule has 0 aliphatic carbocycles. The first-order valence-corrected chi connectivity index (χ1v) is 5.92. The lowest BCUT2D eigenvalue weighted by molar-refractivity contribution is -0.146. The number of aliphatic carboxylic acids is 1. The average Bonchev–Trinajstić information content (AvgIpc) is 2.64. The van der Waals surface area contributed by atoms with Crippen LogP contribution in [0, 0.1) is 5.92 Å². The van der Waals surface area contributed by atoms with E-state index in [2.05, 4.69) is 0 Å². The zero-order valence-electron chi connectivity index (χ0n) is 8.94. The fourth-order valence-corrected chi connectivity index (χ4v) is 2.28. The molecule has 6 heteroatoms. The summed E-state index contributed by atoms with van der Waals surface area (Å²) in [5, 5.41) is 9.52. The highest BCUT2D eigenvalue weighted by Crippen LogP contribution is 2.29. The maximum absolute atomic E-state index is 11.8. The third kappa shape index (κ3) is 2.74. The van der Waals surface area contributed by atoms with Gasteiger partial charge in [0.25, 0.3) is 0 Å². The molecule has 16 heavy (non-hydrogen) atoms. The molecule has 0 aliphatic rings. The van der Waals surface area contributed by atoms with Gasteiger partial charge in [0, 0.05) is 7.05 Å². The molecule has 1 heterocycles. The fourth-order valence-electron chi connectivity index (χ4n) is 1.28.